The molecule has 0 radical (unpaired) electrons. The van der Waals surface area contributed by atoms with Gasteiger partial charge in [0.15, 0.2) is 5.78 Å². The topological polar surface area (TPSA) is 76.0 Å². The zero-order chi connectivity index (χ0) is 14.4. The second-order valence-electron chi connectivity index (χ2n) is 4.84. The van der Waals surface area contributed by atoms with Crippen molar-refractivity contribution in [2.45, 2.75) is 52.0 Å². The molecule has 0 aromatic rings. The minimum atomic E-state index is -0.405. The molecule has 0 heterocycles. The van der Waals surface area contributed by atoms with Gasteiger partial charge in [0.25, 0.3) is 0 Å². The van der Waals surface area contributed by atoms with Crippen molar-refractivity contribution in [3.05, 3.63) is 11.3 Å². The van der Waals surface area contributed by atoms with Crippen LogP contribution in [0.5, 0.6) is 0 Å². The van der Waals surface area contributed by atoms with Crippen molar-refractivity contribution < 1.29 is 19.4 Å². The molecule has 1 fully saturated rings. The van der Waals surface area contributed by atoms with Crippen LogP contribution in [0.3, 0.4) is 0 Å². The summed E-state index contributed by atoms with van der Waals surface area (Å²) >= 11 is 0. The summed E-state index contributed by atoms with van der Waals surface area (Å²) in [7, 11) is 1.30. The van der Waals surface area contributed by atoms with Crippen LogP contribution in [-0.4, -0.2) is 35.7 Å². The molecule has 0 aliphatic heterocycles. The van der Waals surface area contributed by atoms with Crippen LogP contribution in [0.25, 0.3) is 0 Å². The van der Waals surface area contributed by atoms with Gasteiger partial charge in [0, 0.05) is 24.6 Å². The summed E-state index contributed by atoms with van der Waals surface area (Å²) in [6, 6.07) is 0.0734. The first-order valence-corrected chi connectivity index (χ1v) is 6.54. The summed E-state index contributed by atoms with van der Waals surface area (Å²) in [4.78, 5) is 27.4. The Labute approximate surface area is 113 Å². The van der Waals surface area contributed by atoms with Gasteiger partial charge in [-0.1, -0.05) is 0 Å². The number of ketones is 1. The highest BCUT2D eigenvalue weighted by molar-refractivity contribution is 6.24. The smallest absolute Gasteiger partial charge is 0.305 e. The third-order valence-electron chi connectivity index (χ3n) is 2.88. The first-order chi connectivity index (χ1) is 8.95. The Hall–Kier alpha value is -1.65. The maximum Gasteiger partial charge on any atom is 0.305 e. The molecule has 0 aromatic carbocycles. The van der Waals surface area contributed by atoms with Crippen LogP contribution < -0.4 is 0 Å². The molecule has 106 valence electrons. The van der Waals surface area contributed by atoms with Gasteiger partial charge in [-0.25, -0.2) is 0 Å². The number of methoxy groups -OCH3 is 1. The van der Waals surface area contributed by atoms with E-state index < -0.39 is 5.97 Å². The summed E-state index contributed by atoms with van der Waals surface area (Å²) in [6.45, 7) is 3.85. The van der Waals surface area contributed by atoms with Crippen molar-refractivity contribution in [2.75, 3.05) is 7.11 Å². The maximum atomic E-state index is 11.9. The molecule has 0 atom stereocenters. The fourth-order valence-electron chi connectivity index (χ4n) is 2.04. The highest BCUT2D eigenvalue weighted by Crippen LogP contribution is 2.23. The number of carbonyl (C=O) groups is 2. The van der Waals surface area contributed by atoms with Gasteiger partial charge in [-0.15, -0.1) is 0 Å². The number of hydrogen-bond donors (Lipinski definition) is 1. The fourth-order valence-corrected chi connectivity index (χ4v) is 2.04. The number of rotatable bonds is 4. The lowest BCUT2D eigenvalue weighted by Crippen LogP contribution is -2.22. The summed E-state index contributed by atoms with van der Waals surface area (Å²) in [5.74, 6) is -0.541. The van der Waals surface area contributed by atoms with Crippen LogP contribution >= 0.6 is 0 Å². The third-order valence-corrected chi connectivity index (χ3v) is 2.88. The quantitative estimate of drug-likeness (QED) is 0.482. The molecule has 0 aromatic heterocycles. The Morgan fingerprint density at radius 1 is 1.37 bits per heavy atom. The summed E-state index contributed by atoms with van der Waals surface area (Å²) in [5.41, 5.74) is 0.970. The van der Waals surface area contributed by atoms with Crippen molar-refractivity contribution in [1.29, 1.82) is 0 Å². The summed E-state index contributed by atoms with van der Waals surface area (Å²) in [5, 5.41) is 10.0. The largest absolute Gasteiger partial charge is 0.511 e. The van der Waals surface area contributed by atoms with Crippen molar-refractivity contribution in [3.8, 4) is 0 Å². The molecule has 0 amide bonds. The number of nitrogens with zero attached hydrogens (tertiary/aromatic N) is 1. The number of Topliss-reactive ketones (excluding diaryl/α,β-unsaturated/α-hetero) is 1. The van der Waals surface area contributed by atoms with Gasteiger partial charge in [-0.05, 0) is 26.7 Å². The molecule has 0 spiro atoms. The number of carbonyl (C=O) groups excluding carboxylic acids is 2. The van der Waals surface area contributed by atoms with Crippen molar-refractivity contribution in [2.24, 2.45) is 4.99 Å². The molecule has 5 heteroatoms. The molecule has 1 rings (SSSR count). The summed E-state index contributed by atoms with van der Waals surface area (Å²) < 4.78 is 4.52. The average Bonchev–Trinajstić information content (AvgIpc) is 2.35. The average molecular weight is 267 g/mol. The van der Waals surface area contributed by atoms with E-state index in [4.69, 9.17) is 0 Å². The van der Waals surface area contributed by atoms with Crippen LogP contribution in [0.1, 0.15) is 46.0 Å². The highest BCUT2D eigenvalue weighted by Gasteiger charge is 2.25. The van der Waals surface area contributed by atoms with Gasteiger partial charge in [0.2, 0.25) is 0 Å². The van der Waals surface area contributed by atoms with Crippen LogP contribution in [0, 0.1) is 0 Å². The molecule has 5 nitrogen and oxygen atoms in total. The Balaban J connectivity index is 2.94. The predicted molar refractivity (Wildman–Crippen MR) is 72.3 cm³/mol. The van der Waals surface area contributed by atoms with Gasteiger partial charge < -0.3 is 9.84 Å². The van der Waals surface area contributed by atoms with E-state index in [1.54, 1.807) is 0 Å². The summed E-state index contributed by atoms with van der Waals surface area (Å²) in [6.07, 6.45) is 2.06. The molecule has 19 heavy (non-hydrogen) atoms. The Morgan fingerprint density at radius 3 is 2.63 bits per heavy atom. The zero-order valence-corrected chi connectivity index (χ0v) is 11.7. The maximum absolute atomic E-state index is 11.9. The van der Waals surface area contributed by atoms with E-state index in [1.165, 1.54) is 7.11 Å². The zero-order valence-electron chi connectivity index (χ0n) is 11.7. The highest BCUT2D eigenvalue weighted by atomic mass is 16.5. The van der Waals surface area contributed by atoms with E-state index >= 15 is 0 Å². The van der Waals surface area contributed by atoms with Gasteiger partial charge in [-0.2, -0.15) is 0 Å². The normalized spacial score (nSPS) is 20.8. The van der Waals surface area contributed by atoms with Crippen molar-refractivity contribution in [1.82, 2.24) is 0 Å². The van der Waals surface area contributed by atoms with E-state index in [1.807, 2.05) is 13.8 Å². The minimum Gasteiger partial charge on any atom is -0.511 e. The molecular weight excluding hydrogens is 246 g/mol. The predicted octanol–water partition coefficient (Wildman–Crippen LogP) is 2.35. The number of aliphatic hydroxyl groups is 1. The number of ether oxygens (including phenoxy) is 1. The van der Waals surface area contributed by atoms with Crippen LogP contribution in [0.4, 0.5) is 0 Å². The van der Waals surface area contributed by atoms with E-state index in [-0.39, 0.29) is 30.4 Å². The standard InChI is InChI=1S/C14H21NO4/c1-9(2)15-10-5-4-6-11(16)14(10)12(17)7-8-13(18)19-3/h9,17H,4-8H2,1-3H3. The van der Waals surface area contributed by atoms with E-state index in [2.05, 4.69) is 9.73 Å². The minimum absolute atomic E-state index is 0.0468. The van der Waals surface area contributed by atoms with Crippen molar-refractivity contribution in [3.63, 3.8) is 0 Å². The molecule has 1 N–H and O–H groups in total. The lowest BCUT2D eigenvalue weighted by Gasteiger charge is -2.18. The number of hydrogen-bond acceptors (Lipinski definition) is 5. The second kappa shape index (κ2) is 7.07. The lowest BCUT2D eigenvalue weighted by atomic mass is 9.89. The Morgan fingerprint density at radius 2 is 2.05 bits per heavy atom. The SMILES string of the molecule is COC(=O)CCC(O)=C1C(=O)CCCC1=NC(C)C. The van der Waals surface area contributed by atoms with Gasteiger partial charge in [0.1, 0.15) is 5.76 Å². The lowest BCUT2D eigenvalue weighted by molar-refractivity contribution is -0.140. The van der Waals surface area contributed by atoms with Crippen LogP contribution in [0.15, 0.2) is 16.3 Å². The number of allylic oxidation sites excluding steroid dienone is 2. The second-order valence-corrected chi connectivity index (χ2v) is 4.84. The molecule has 1 saturated carbocycles. The van der Waals surface area contributed by atoms with Crippen LogP contribution in [-0.2, 0) is 14.3 Å². The fraction of sp³-hybridized carbons (Fsp3) is 0.643. The monoisotopic (exact) mass is 267 g/mol. The molecule has 1 aliphatic carbocycles. The first kappa shape index (κ1) is 15.4. The molecule has 0 bridgehead atoms. The van der Waals surface area contributed by atoms with Gasteiger partial charge in [-0.3, -0.25) is 14.6 Å². The van der Waals surface area contributed by atoms with Gasteiger partial charge >= 0.3 is 5.97 Å². The Bertz CT molecular complexity index is 421. The molecule has 0 unspecified atom stereocenters. The van der Waals surface area contributed by atoms with E-state index in [0.717, 1.165) is 6.42 Å². The molecular formula is C14H21NO4. The number of aliphatic imine (C=N–C) groups is 1. The molecule has 1 aliphatic rings. The molecule has 0 saturated heterocycles. The Kier molecular flexibility index (Phi) is 5.73. The number of esters is 1. The third kappa shape index (κ3) is 4.50. The first-order valence-electron chi connectivity index (χ1n) is 6.54. The van der Waals surface area contributed by atoms with Crippen molar-refractivity contribution >= 4 is 17.5 Å². The van der Waals surface area contributed by atoms with E-state index in [0.29, 0.717) is 24.1 Å². The van der Waals surface area contributed by atoms with E-state index in [9.17, 15) is 14.7 Å². The van der Waals surface area contributed by atoms with Crippen LogP contribution in [0.2, 0.25) is 0 Å². The van der Waals surface area contributed by atoms with Gasteiger partial charge in [0.05, 0.1) is 19.1 Å². The number of aliphatic hydroxyl groups excluding tert-OH is 1.